The normalized spacial score (nSPS) is 19.0. The van der Waals surface area contributed by atoms with Crippen molar-refractivity contribution < 1.29 is 4.79 Å². The molecule has 1 saturated carbocycles. The highest BCUT2D eigenvalue weighted by Crippen LogP contribution is 2.30. The summed E-state index contributed by atoms with van der Waals surface area (Å²) >= 11 is 5.96. The van der Waals surface area contributed by atoms with E-state index in [0.717, 1.165) is 62.3 Å². The largest absolute Gasteiger partial charge is 0.342 e. The molecule has 2 fully saturated rings. The number of benzene rings is 1. The maximum Gasteiger partial charge on any atom is 0.236 e. The molecule has 1 heterocycles. The fourth-order valence-electron chi connectivity index (χ4n) is 3.39. The summed E-state index contributed by atoms with van der Waals surface area (Å²) in [6.07, 6.45) is 5.94. The van der Waals surface area contributed by atoms with E-state index in [9.17, 15) is 4.79 Å². The molecule has 1 saturated heterocycles. The second-order valence-corrected chi connectivity index (χ2v) is 8.05. The minimum absolute atomic E-state index is 0.318. The molecule has 2 aliphatic rings. The number of amides is 1. The molecule has 1 aromatic carbocycles. The van der Waals surface area contributed by atoms with Gasteiger partial charge in [-0.1, -0.05) is 30.7 Å². The quantitative estimate of drug-likeness (QED) is 0.747. The van der Waals surface area contributed by atoms with Crippen LogP contribution in [0.5, 0.6) is 0 Å². The van der Waals surface area contributed by atoms with Gasteiger partial charge < -0.3 is 4.90 Å². The molecular weight excluding hydrogens is 320 g/mol. The van der Waals surface area contributed by atoms with Gasteiger partial charge in [-0.2, -0.15) is 0 Å². The number of halogens is 1. The molecule has 1 aliphatic carbocycles. The lowest BCUT2D eigenvalue weighted by Crippen LogP contribution is -2.44. The number of rotatable bonds is 7. The summed E-state index contributed by atoms with van der Waals surface area (Å²) in [6, 6.07) is 8.07. The van der Waals surface area contributed by atoms with Gasteiger partial charge in [0, 0.05) is 31.2 Å². The van der Waals surface area contributed by atoms with Crippen LogP contribution in [0, 0.1) is 11.8 Å². The minimum Gasteiger partial charge on any atom is -0.342 e. The van der Waals surface area contributed by atoms with Crippen molar-refractivity contribution in [2.45, 2.75) is 39.0 Å². The van der Waals surface area contributed by atoms with Crippen LogP contribution in [-0.4, -0.2) is 48.4 Å². The summed E-state index contributed by atoms with van der Waals surface area (Å²) < 4.78 is 0. The molecule has 4 heteroatoms. The Hall–Kier alpha value is -1.06. The smallest absolute Gasteiger partial charge is 0.236 e. The number of likely N-dealkylation sites (tertiary alicyclic amines) is 1. The van der Waals surface area contributed by atoms with Gasteiger partial charge in [-0.25, -0.2) is 0 Å². The van der Waals surface area contributed by atoms with Gasteiger partial charge in [0.1, 0.15) is 0 Å². The highest BCUT2D eigenvalue weighted by atomic mass is 35.5. The summed E-state index contributed by atoms with van der Waals surface area (Å²) in [5.74, 6) is 1.89. The van der Waals surface area contributed by atoms with Crippen molar-refractivity contribution in [2.75, 3.05) is 32.7 Å². The maximum absolute atomic E-state index is 12.6. The highest BCUT2D eigenvalue weighted by molar-refractivity contribution is 6.30. The lowest BCUT2D eigenvalue weighted by molar-refractivity contribution is -0.133. The third-order valence-electron chi connectivity index (χ3n) is 5.34. The zero-order valence-electron chi connectivity index (χ0n) is 14.7. The molecule has 1 aromatic rings. The average molecular weight is 349 g/mol. The number of hydrogen-bond acceptors (Lipinski definition) is 2. The minimum atomic E-state index is 0.318. The Morgan fingerprint density at radius 3 is 2.46 bits per heavy atom. The SMILES string of the molecule is CC1CCN(C(=O)CN(CCc2ccc(Cl)cc2)CC2CC2)CC1. The number of piperidine rings is 1. The second-order valence-electron chi connectivity index (χ2n) is 7.62. The molecule has 0 unspecified atom stereocenters. The summed E-state index contributed by atoms with van der Waals surface area (Å²) in [6.45, 7) is 6.77. The molecule has 0 atom stereocenters. The van der Waals surface area contributed by atoms with Crippen molar-refractivity contribution in [1.82, 2.24) is 9.80 Å². The van der Waals surface area contributed by atoms with Crippen LogP contribution in [0.1, 0.15) is 38.2 Å². The Kier molecular flexibility index (Phi) is 6.18. The van der Waals surface area contributed by atoms with E-state index in [0.29, 0.717) is 12.5 Å². The van der Waals surface area contributed by atoms with Crippen LogP contribution in [0.3, 0.4) is 0 Å². The first kappa shape index (κ1) is 17.8. The number of nitrogens with zero attached hydrogens (tertiary/aromatic N) is 2. The van der Waals surface area contributed by atoms with E-state index in [1.54, 1.807) is 0 Å². The molecule has 1 aliphatic heterocycles. The van der Waals surface area contributed by atoms with Crippen LogP contribution in [0.4, 0.5) is 0 Å². The fourth-order valence-corrected chi connectivity index (χ4v) is 3.51. The van der Waals surface area contributed by atoms with Crippen LogP contribution < -0.4 is 0 Å². The van der Waals surface area contributed by atoms with Crippen LogP contribution in [-0.2, 0) is 11.2 Å². The van der Waals surface area contributed by atoms with Crippen molar-refractivity contribution in [3.63, 3.8) is 0 Å². The third kappa shape index (κ3) is 5.49. The van der Waals surface area contributed by atoms with Gasteiger partial charge in [0.05, 0.1) is 6.54 Å². The van der Waals surface area contributed by atoms with Gasteiger partial charge in [-0.15, -0.1) is 0 Å². The second kappa shape index (κ2) is 8.35. The van der Waals surface area contributed by atoms with Crippen molar-refractivity contribution >= 4 is 17.5 Å². The highest BCUT2D eigenvalue weighted by Gasteiger charge is 2.27. The molecule has 0 radical (unpaired) electrons. The predicted octanol–water partition coefficient (Wildman–Crippen LogP) is 3.85. The molecule has 3 rings (SSSR count). The number of hydrogen-bond donors (Lipinski definition) is 0. The summed E-state index contributed by atoms with van der Waals surface area (Å²) in [5, 5.41) is 0.781. The van der Waals surface area contributed by atoms with Gasteiger partial charge in [-0.05, 0) is 61.6 Å². The first-order valence-electron chi connectivity index (χ1n) is 9.34. The monoisotopic (exact) mass is 348 g/mol. The topological polar surface area (TPSA) is 23.6 Å². The molecule has 132 valence electrons. The Bertz CT molecular complexity index is 533. The Morgan fingerprint density at radius 2 is 1.83 bits per heavy atom. The van der Waals surface area contributed by atoms with E-state index in [4.69, 9.17) is 11.6 Å². The van der Waals surface area contributed by atoms with Gasteiger partial charge >= 0.3 is 0 Å². The lowest BCUT2D eigenvalue weighted by Gasteiger charge is -2.32. The van der Waals surface area contributed by atoms with Crippen LogP contribution >= 0.6 is 11.6 Å². The van der Waals surface area contributed by atoms with E-state index >= 15 is 0 Å². The molecule has 3 nitrogen and oxygen atoms in total. The zero-order valence-corrected chi connectivity index (χ0v) is 15.5. The van der Waals surface area contributed by atoms with Gasteiger partial charge in [0.25, 0.3) is 0 Å². The van der Waals surface area contributed by atoms with Gasteiger partial charge in [0.15, 0.2) is 0 Å². The van der Waals surface area contributed by atoms with Gasteiger partial charge in [-0.3, -0.25) is 9.69 Å². The Balaban J connectivity index is 1.51. The third-order valence-corrected chi connectivity index (χ3v) is 5.59. The first-order chi connectivity index (χ1) is 11.6. The summed E-state index contributed by atoms with van der Waals surface area (Å²) in [5.41, 5.74) is 1.29. The van der Waals surface area contributed by atoms with Crippen molar-refractivity contribution in [3.05, 3.63) is 34.9 Å². The van der Waals surface area contributed by atoms with Crippen LogP contribution in [0.15, 0.2) is 24.3 Å². The van der Waals surface area contributed by atoms with E-state index < -0.39 is 0 Å². The molecule has 24 heavy (non-hydrogen) atoms. The Morgan fingerprint density at radius 1 is 1.17 bits per heavy atom. The van der Waals surface area contributed by atoms with Crippen LogP contribution in [0.25, 0.3) is 0 Å². The van der Waals surface area contributed by atoms with Crippen LogP contribution in [0.2, 0.25) is 5.02 Å². The van der Waals surface area contributed by atoms with Crippen molar-refractivity contribution in [1.29, 1.82) is 0 Å². The van der Waals surface area contributed by atoms with Gasteiger partial charge in [0.2, 0.25) is 5.91 Å². The molecule has 0 bridgehead atoms. The van der Waals surface area contributed by atoms with Crippen molar-refractivity contribution in [3.8, 4) is 0 Å². The molecular formula is C20H29ClN2O. The number of carbonyl (C=O) groups excluding carboxylic acids is 1. The van der Waals surface area contributed by atoms with E-state index in [1.165, 1.54) is 18.4 Å². The standard InChI is InChI=1S/C20H29ClN2O/c1-16-8-12-23(13-9-16)20(24)15-22(14-18-2-3-18)11-10-17-4-6-19(21)7-5-17/h4-7,16,18H,2-3,8-15H2,1H3. The summed E-state index contributed by atoms with van der Waals surface area (Å²) in [7, 11) is 0. The molecule has 1 amide bonds. The zero-order chi connectivity index (χ0) is 16.9. The van der Waals surface area contributed by atoms with E-state index in [1.807, 2.05) is 12.1 Å². The van der Waals surface area contributed by atoms with E-state index in [2.05, 4.69) is 28.9 Å². The molecule has 0 spiro atoms. The summed E-state index contributed by atoms with van der Waals surface area (Å²) in [4.78, 5) is 17.1. The maximum atomic E-state index is 12.6. The average Bonchev–Trinajstić information content (AvgIpc) is 3.38. The molecule has 0 aromatic heterocycles. The number of carbonyl (C=O) groups is 1. The fraction of sp³-hybridized carbons (Fsp3) is 0.650. The Labute approximate surface area is 151 Å². The van der Waals surface area contributed by atoms with E-state index in [-0.39, 0.29) is 0 Å². The lowest BCUT2D eigenvalue weighted by atomic mass is 9.99. The predicted molar refractivity (Wildman–Crippen MR) is 99.3 cm³/mol. The van der Waals surface area contributed by atoms with Crippen molar-refractivity contribution in [2.24, 2.45) is 11.8 Å². The molecule has 0 N–H and O–H groups in total. The first-order valence-corrected chi connectivity index (χ1v) is 9.72.